The molecule has 2 rings (SSSR count). The van der Waals surface area contributed by atoms with E-state index < -0.39 is 11.6 Å². The van der Waals surface area contributed by atoms with Crippen LogP contribution >= 0.6 is 12.2 Å². The van der Waals surface area contributed by atoms with Crippen molar-refractivity contribution in [1.29, 1.82) is 0 Å². The van der Waals surface area contributed by atoms with Crippen LogP contribution in [0.2, 0.25) is 0 Å². The van der Waals surface area contributed by atoms with Gasteiger partial charge in [0.05, 0.1) is 0 Å². The van der Waals surface area contributed by atoms with Crippen molar-refractivity contribution in [2.24, 2.45) is 11.7 Å². The van der Waals surface area contributed by atoms with Gasteiger partial charge in [-0.1, -0.05) is 12.2 Å². The Balaban J connectivity index is 2.29. The highest BCUT2D eigenvalue weighted by atomic mass is 32.1. The Labute approximate surface area is 104 Å². The summed E-state index contributed by atoms with van der Waals surface area (Å²) in [6.45, 7) is 0.681. The summed E-state index contributed by atoms with van der Waals surface area (Å²) in [4.78, 5) is 1.62. The predicted molar refractivity (Wildman–Crippen MR) is 68.2 cm³/mol. The van der Waals surface area contributed by atoms with Gasteiger partial charge in [0.2, 0.25) is 0 Å². The van der Waals surface area contributed by atoms with E-state index in [2.05, 4.69) is 0 Å². The number of anilines is 1. The largest absolute Gasteiger partial charge is 0.389 e. The van der Waals surface area contributed by atoms with Crippen LogP contribution in [0.4, 0.5) is 14.5 Å². The molecule has 0 radical (unpaired) electrons. The second-order valence-electron chi connectivity index (χ2n) is 4.48. The quantitative estimate of drug-likeness (QED) is 0.839. The van der Waals surface area contributed by atoms with E-state index in [0.717, 1.165) is 12.8 Å². The van der Waals surface area contributed by atoms with Crippen LogP contribution in [0, 0.1) is 17.6 Å². The van der Waals surface area contributed by atoms with E-state index >= 15 is 0 Å². The normalized spacial score (nSPS) is 14.8. The molecule has 1 saturated carbocycles. The zero-order chi connectivity index (χ0) is 12.6. The minimum Gasteiger partial charge on any atom is -0.389 e. The zero-order valence-electron chi connectivity index (χ0n) is 9.54. The van der Waals surface area contributed by atoms with Gasteiger partial charge in [-0.15, -0.1) is 0 Å². The molecule has 0 heterocycles. The fourth-order valence-corrected chi connectivity index (χ4v) is 1.97. The van der Waals surface area contributed by atoms with E-state index in [1.165, 1.54) is 12.1 Å². The van der Waals surface area contributed by atoms with Crippen molar-refractivity contribution >= 4 is 22.9 Å². The van der Waals surface area contributed by atoms with Gasteiger partial charge in [0.1, 0.15) is 22.3 Å². The predicted octanol–water partition coefficient (Wildman–Crippen LogP) is 2.45. The molecular formula is C12H14F2N2S. The van der Waals surface area contributed by atoms with Crippen LogP contribution in [0.25, 0.3) is 0 Å². The highest BCUT2D eigenvalue weighted by Crippen LogP contribution is 2.32. The molecular weight excluding hydrogens is 242 g/mol. The van der Waals surface area contributed by atoms with E-state index in [0.29, 0.717) is 12.5 Å². The van der Waals surface area contributed by atoms with Gasteiger partial charge in [-0.3, -0.25) is 0 Å². The Morgan fingerprint density at radius 1 is 1.41 bits per heavy atom. The van der Waals surface area contributed by atoms with Crippen LogP contribution in [0.5, 0.6) is 0 Å². The summed E-state index contributed by atoms with van der Waals surface area (Å²) in [6, 6.07) is 2.37. The van der Waals surface area contributed by atoms with Crippen LogP contribution in [0.15, 0.2) is 12.1 Å². The van der Waals surface area contributed by atoms with Crippen molar-refractivity contribution in [1.82, 2.24) is 0 Å². The molecule has 1 aliphatic rings. The monoisotopic (exact) mass is 256 g/mol. The molecule has 1 fully saturated rings. The Hall–Kier alpha value is -1.23. The third-order valence-corrected chi connectivity index (χ3v) is 3.15. The van der Waals surface area contributed by atoms with Gasteiger partial charge in [0.15, 0.2) is 0 Å². The Morgan fingerprint density at radius 2 is 1.94 bits per heavy atom. The zero-order valence-corrected chi connectivity index (χ0v) is 10.4. The molecule has 2 nitrogen and oxygen atoms in total. The molecule has 0 amide bonds. The first-order valence-electron chi connectivity index (χ1n) is 5.49. The molecule has 0 saturated heterocycles. The summed E-state index contributed by atoms with van der Waals surface area (Å²) >= 11 is 4.70. The van der Waals surface area contributed by atoms with Gasteiger partial charge >= 0.3 is 0 Å². The molecule has 0 aromatic heterocycles. The summed E-state index contributed by atoms with van der Waals surface area (Å²) in [5.74, 6) is -0.666. The van der Waals surface area contributed by atoms with Crippen LogP contribution in [0.3, 0.4) is 0 Å². The van der Waals surface area contributed by atoms with Crippen molar-refractivity contribution in [2.45, 2.75) is 12.8 Å². The Morgan fingerprint density at radius 3 is 2.35 bits per heavy atom. The Bertz CT molecular complexity index is 435. The lowest BCUT2D eigenvalue weighted by atomic mass is 10.1. The van der Waals surface area contributed by atoms with Crippen molar-refractivity contribution < 1.29 is 8.78 Å². The second kappa shape index (κ2) is 4.56. The fourth-order valence-electron chi connectivity index (χ4n) is 1.85. The molecule has 0 aliphatic heterocycles. The van der Waals surface area contributed by atoms with Gasteiger partial charge in [-0.05, 0) is 30.9 Å². The van der Waals surface area contributed by atoms with E-state index in [-0.39, 0.29) is 16.2 Å². The lowest BCUT2D eigenvalue weighted by Gasteiger charge is -2.20. The smallest absolute Gasteiger partial charge is 0.150 e. The number of benzene rings is 1. The van der Waals surface area contributed by atoms with E-state index in [1.54, 1.807) is 11.9 Å². The molecule has 5 heteroatoms. The number of hydrogen-bond donors (Lipinski definition) is 1. The molecule has 0 unspecified atom stereocenters. The van der Waals surface area contributed by atoms with Gasteiger partial charge in [-0.2, -0.15) is 0 Å². The van der Waals surface area contributed by atoms with Crippen molar-refractivity contribution in [3.63, 3.8) is 0 Å². The minimum atomic E-state index is -0.615. The number of hydrogen-bond acceptors (Lipinski definition) is 2. The summed E-state index contributed by atoms with van der Waals surface area (Å²) in [6.07, 6.45) is 2.27. The topological polar surface area (TPSA) is 29.3 Å². The second-order valence-corrected chi connectivity index (χ2v) is 4.92. The average molecular weight is 256 g/mol. The molecule has 0 bridgehead atoms. The third-order valence-electron chi connectivity index (χ3n) is 2.91. The number of halogens is 2. The average Bonchev–Trinajstić information content (AvgIpc) is 3.00. The maximum absolute atomic E-state index is 13.8. The Kier molecular flexibility index (Phi) is 3.28. The van der Waals surface area contributed by atoms with Gasteiger partial charge < -0.3 is 10.6 Å². The lowest BCUT2D eigenvalue weighted by molar-refractivity contribution is 0.573. The minimum absolute atomic E-state index is 0.000744. The summed E-state index contributed by atoms with van der Waals surface area (Å²) in [5, 5.41) is 0. The van der Waals surface area contributed by atoms with Gasteiger partial charge in [-0.25, -0.2) is 8.78 Å². The molecule has 17 heavy (non-hydrogen) atoms. The van der Waals surface area contributed by atoms with E-state index in [1.807, 2.05) is 0 Å². The maximum Gasteiger partial charge on any atom is 0.150 e. The van der Waals surface area contributed by atoms with Crippen LogP contribution in [0.1, 0.15) is 18.4 Å². The van der Waals surface area contributed by atoms with E-state index in [9.17, 15) is 8.78 Å². The lowest BCUT2D eigenvalue weighted by Crippen LogP contribution is -2.23. The number of rotatable bonds is 4. The van der Waals surface area contributed by atoms with Crippen LogP contribution in [-0.4, -0.2) is 18.6 Å². The molecule has 0 spiro atoms. The third kappa shape index (κ3) is 2.72. The van der Waals surface area contributed by atoms with Crippen molar-refractivity contribution in [3.8, 4) is 0 Å². The highest BCUT2D eigenvalue weighted by molar-refractivity contribution is 7.80. The maximum atomic E-state index is 13.8. The first-order valence-corrected chi connectivity index (χ1v) is 5.90. The molecule has 1 aromatic carbocycles. The van der Waals surface area contributed by atoms with Crippen molar-refractivity contribution in [3.05, 3.63) is 29.3 Å². The van der Waals surface area contributed by atoms with Gasteiger partial charge in [0, 0.05) is 19.2 Å². The van der Waals surface area contributed by atoms with E-state index in [4.69, 9.17) is 18.0 Å². The number of nitrogens with zero attached hydrogens (tertiary/aromatic N) is 1. The molecule has 1 aliphatic carbocycles. The molecule has 2 N–H and O–H groups in total. The number of thiocarbonyl (C=S) groups is 1. The SMILES string of the molecule is CN(CC1CC1)c1c(F)cc(C(N)=S)cc1F. The first kappa shape index (κ1) is 12.2. The molecule has 0 atom stereocenters. The molecule has 1 aromatic rings. The van der Waals surface area contributed by atoms with Gasteiger partial charge in [0.25, 0.3) is 0 Å². The van der Waals surface area contributed by atoms with Crippen LogP contribution in [-0.2, 0) is 0 Å². The fraction of sp³-hybridized carbons (Fsp3) is 0.417. The van der Waals surface area contributed by atoms with Crippen molar-refractivity contribution in [2.75, 3.05) is 18.5 Å². The standard InChI is InChI=1S/C12H14F2N2S/c1-16(6-7-2-3-7)11-9(13)4-8(12(15)17)5-10(11)14/h4-5,7H,2-3,6H2,1H3,(H2,15,17). The summed E-state index contributed by atoms with van der Waals surface area (Å²) in [7, 11) is 1.69. The van der Waals surface area contributed by atoms with Crippen LogP contribution < -0.4 is 10.6 Å². The number of nitrogens with two attached hydrogens (primary N) is 1. The first-order chi connectivity index (χ1) is 7.99. The molecule has 92 valence electrons. The highest BCUT2D eigenvalue weighted by Gasteiger charge is 2.25. The summed E-state index contributed by atoms with van der Waals surface area (Å²) in [5.41, 5.74) is 5.57. The summed E-state index contributed by atoms with van der Waals surface area (Å²) < 4.78 is 27.6.